The molecule has 0 aromatic heterocycles. The molecule has 2 heterocycles. The molecule has 0 spiro atoms. The third-order valence-corrected chi connectivity index (χ3v) is 6.03. The van der Waals surface area contributed by atoms with Crippen LogP contribution in [0, 0.1) is 0 Å². The van der Waals surface area contributed by atoms with Gasteiger partial charge in [0.05, 0.1) is 13.2 Å². The van der Waals surface area contributed by atoms with Crippen LogP contribution in [-0.2, 0) is 25.6 Å². The Morgan fingerprint density at radius 3 is 2.26 bits per heavy atom. The highest BCUT2D eigenvalue weighted by molar-refractivity contribution is 5.94. The predicted molar refractivity (Wildman–Crippen MR) is 124 cm³/mol. The summed E-state index contributed by atoms with van der Waals surface area (Å²) >= 11 is 0. The Morgan fingerprint density at radius 2 is 1.56 bits per heavy atom. The largest absolute Gasteiger partial charge is 0.388 e. The van der Waals surface area contributed by atoms with Gasteiger partial charge in [0.15, 0.2) is 12.6 Å². The van der Waals surface area contributed by atoms with E-state index in [1.165, 1.54) is 0 Å². The first-order valence-electron chi connectivity index (χ1n) is 11.4. The summed E-state index contributed by atoms with van der Waals surface area (Å²) in [6.45, 7) is 0.494. The number of fused-ring (bicyclic) bond motifs is 1. The molecule has 176 valence electrons. The lowest BCUT2D eigenvalue weighted by atomic mass is 9.95. The normalized spacial score (nSPS) is 28.6. The number of benzene rings is 3. The maximum absolute atomic E-state index is 12.9. The molecule has 2 N–H and O–H groups in total. The van der Waals surface area contributed by atoms with Gasteiger partial charge in [-0.1, -0.05) is 78.9 Å². The van der Waals surface area contributed by atoms with Crippen molar-refractivity contribution in [2.45, 2.75) is 43.5 Å². The Morgan fingerprint density at radius 1 is 0.912 bits per heavy atom. The molecule has 7 nitrogen and oxygen atoms in total. The number of nitrogens with one attached hydrogen (secondary N) is 1. The first kappa shape index (κ1) is 22.7. The van der Waals surface area contributed by atoms with E-state index in [4.69, 9.17) is 18.9 Å². The van der Waals surface area contributed by atoms with E-state index in [-0.39, 0.29) is 19.1 Å². The fourth-order valence-electron chi connectivity index (χ4n) is 4.24. The summed E-state index contributed by atoms with van der Waals surface area (Å²) in [5, 5.41) is 14.2. The van der Waals surface area contributed by atoms with Gasteiger partial charge in [0, 0.05) is 11.1 Å². The standard InChI is InChI=1S/C27H27NO6/c29-23-22(28-25(30)19-12-6-2-7-13-19)27(31-16-18-10-4-1-5-11-18)33-21-17-32-26(34-24(21)23)20-14-8-3-9-15-20/h1-15,21-24,26-27,29H,16-17H2,(H,28,30)/t21-,22-,23-,24-,26?,27+/m1/s1. The number of rotatable bonds is 6. The van der Waals surface area contributed by atoms with E-state index in [9.17, 15) is 9.90 Å². The lowest BCUT2D eigenvalue weighted by molar-refractivity contribution is -0.345. The molecule has 0 bridgehead atoms. The smallest absolute Gasteiger partial charge is 0.251 e. The molecule has 7 heteroatoms. The van der Waals surface area contributed by atoms with Gasteiger partial charge in [0.25, 0.3) is 5.91 Å². The summed E-state index contributed by atoms with van der Waals surface area (Å²) in [5.74, 6) is -0.327. The van der Waals surface area contributed by atoms with Crippen LogP contribution in [0.4, 0.5) is 0 Å². The SMILES string of the molecule is O=C(N[C@H]1[C@@H](OCc2ccccc2)O[C@@H]2COC(c3ccccc3)O[C@H]2[C@@H]1O)c1ccccc1. The Bertz CT molecular complexity index is 1060. The van der Waals surface area contributed by atoms with Gasteiger partial charge >= 0.3 is 0 Å². The van der Waals surface area contributed by atoms with E-state index in [1.807, 2.05) is 66.7 Å². The van der Waals surface area contributed by atoms with Gasteiger partial charge in [0.2, 0.25) is 0 Å². The summed E-state index contributed by atoms with van der Waals surface area (Å²) in [4.78, 5) is 12.9. The van der Waals surface area contributed by atoms with Crippen molar-refractivity contribution in [2.24, 2.45) is 0 Å². The summed E-state index contributed by atoms with van der Waals surface area (Å²) in [5.41, 5.74) is 2.28. The average Bonchev–Trinajstić information content (AvgIpc) is 2.90. The molecule has 5 rings (SSSR count). The van der Waals surface area contributed by atoms with Gasteiger partial charge in [-0.2, -0.15) is 0 Å². The zero-order valence-electron chi connectivity index (χ0n) is 18.5. The predicted octanol–water partition coefficient (Wildman–Crippen LogP) is 3.20. The monoisotopic (exact) mass is 461 g/mol. The maximum Gasteiger partial charge on any atom is 0.251 e. The van der Waals surface area contributed by atoms with E-state index in [0.29, 0.717) is 5.56 Å². The van der Waals surface area contributed by atoms with E-state index < -0.39 is 36.9 Å². The van der Waals surface area contributed by atoms with Crippen molar-refractivity contribution in [3.05, 3.63) is 108 Å². The van der Waals surface area contributed by atoms with E-state index >= 15 is 0 Å². The number of hydrogen-bond acceptors (Lipinski definition) is 6. The molecule has 2 saturated heterocycles. The highest BCUT2D eigenvalue weighted by Gasteiger charge is 2.50. The molecular formula is C27H27NO6. The van der Waals surface area contributed by atoms with Crippen molar-refractivity contribution >= 4 is 5.91 Å². The molecule has 1 amide bonds. The molecule has 0 aliphatic carbocycles. The third kappa shape index (κ3) is 5.04. The molecule has 1 unspecified atom stereocenters. The minimum Gasteiger partial charge on any atom is -0.388 e. The van der Waals surface area contributed by atoms with E-state index in [1.54, 1.807) is 24.3 Å². The highest BCUT2D eigenvalue weighted by Crippen LogP contribution is 2.34. The van der Waals surface area contributed by atoms with Gasteiger partial charge < -0.3 is 29.4 Å². The van der Waals surface area contributed by atoms with Gasteiger partial charge in [-0.15, -0.1) is 0 Å². The van der Waals surface area contributed by atoms with Crippen molar-refractivity contribution in [3.8, 4) is 0 Å². The number of ether oxygens (including phenoxy) is 4. The van der Waals surface area contributed by atoms with Crippen LogP contribution in [0.5, 0.6) is 0 Å². The number of hydrogen-bond donors (Lipinski definition) is 2. The topological polar surface area (TPSA) is 86.3 Å². The number of carbonyl (C=O) groups excluding carboxylic acids is 1. The number of aliphatic hydroxyl groups excluding tert-OH is 1. The van der Waals surface area contributed by atoms with Gasteiger partial charge in [-0.05, 0) is 17.7 Å². The second-order valence-corrected chi connectivity index (χ2v) is 8.37. The molecule has 2 fully saturated rings. The highest BCUT2D eigenvalue weighted by atomic mass is 16.7. The zero-order valence-corrected chi connectivity index (χ0v) is 18.5. The van der Waals surface area contributed by atoms with Crippen LogP contribution in [0.3, 0.4) is 0 Å². The van der Waals surface area contributed by atoms with Crippen LogP contribution >= 0.6 is 0 Å². The van der Waals surface area contributed by atoms with E-state index in [2.05, 4.69) is 5.32 Å². The minimum atomic E-state index is -1.07. The average molecular weight is 462 g/mol. The van der Waals surface area contributed by atoms with Crippen LogP contribution in [0.15, 0.2) is 91.0 Å². The molecule has 2 aliphatic rings. The number of amides is 1. The third-order valence-electron chi connectivity index (χ3n) is 6.03. The van der Waals surface area contributed by atoms with Crippen molar-refractivity contribution in [1.82, 2.24) is 5.32 Å². The van der Waals surface area contributed by atoms with Gasteiger partial charge in [0.1, 0.15) is 24.4 Å². The lowest BCUT2D eigenvalue weighted by Crippen LogP contribution is -2.66. The second-order valence-electron chi connectivity index (χ2n) is 8.37. The fraction of sp³-hybridized carbons (Fsp3) is 0.296. The summed E-state index contributed by atoms with van der Waals surface area (Å²) in [6.07, 6.45) is -3.82. The van der Waals surface area contributed by atoms with Crippen molar-refractivity contribution in [2.75, 3.05) is 6.61 Å². The van der Waals surface area contributed by atoms with Crippen LogP contribution in [0.1, 0.15) is 27.8 Å². The molecular weight excluding hydrogens is 434 g/mol. The van der Waals surface area contributed by atoms with Crippen molar-refractivity contribution in [3.63, 3.8) is 0 Å². The fourth-order valence-corrected chi connectivity index (χ4v) is 4.24. The first-order chi connectivity index (χ1) is 16.7. The van der Waals surface area contributed by atoms with Crippen molar-refractivity contribution in [1.29, 1.82) is 0 Å². The van der Waals surface area contributed by atoms with Crippen LogP contribution in [0.25, 0.3) is 0 Å². The molecule has 34 heavy (non-hydrogen) atoms. The number of carbonyl (C=O) groups is 1. The summed E-state index contributed by atoms with van der Waals surface area (Å²) in [6, 6.07) is 27.2. The second kappa shape index (κ2) is 10.5. The van der Waals surface area contributed by atoms with Crippen LogP contribution in [0.2, 0.25) is 0 Å². The Kier molecular flexibility index (Phi) is 6.99. The molecule has 2 aliphatic heterocycles. The molecule has 0 radical (unpaired) electrons. The van der Waals surface area contributed by atoms with E-state index in [0.717, 1.165) is 11.1 Å². The Labute approximate surface area is 198 Å². The van der Waals surface area contributed by atoms with Gasteiger partial charge in [-0.25, -0.2) is 0 Å². The molecule has 3 aromatic rings. The lowest BCUT2D eigenvalue weighted by Gasteiger charge is -2.47. The molecule has 0 saturated carbocycles. The van der Waals surface area contributed by atoms with Crippen LogP contribution in [-0.4, -0.2) is 48.3 Å². The minimum absolute atomic E-state index is 0.228. The van der Waals surface area contributed by atoms with Gasteiger partial charge in [-0.3, -0.25) is 4.79 Å². The summed E-state index contributed by atoms with van der Waals surface area (Å²) in [7, 11) is 0. The molecule has 3 aromatic carbocycles. The first-order valence-corrected chi connectivity index (χ1v) is 11.4. The van der Waals surface area contributed by atoms with Crippen molar-refractivity contribution < 1.29 is 28.8 Å². The number of aliphatic hydroxyl groups is 1. The zero-order chi connectivity index (χ0) is 23.3. The maximum atomic E-state index is 12.9. The summed E-state index contributed by atoms with van der Waals surface area (Å²) < 4.78 is 24.2. The Hall–Kier alpha value is -3.07. The quantitative estimate of drug-likeness (QED) is 0.586. The molecule has 6 atom stereocenters. The Balaban J connectivity index is 1.35. The van der Waals surface area contributed by atoms with Crippen LogP contribution < -0.4 is 5.32 Å².